The Balaban J connectivity index is 2.07. The van der Waals surface area contributed by atoms with Gasteiger partial charge in [-0.1, -0.05) is 6.92 Å². The van der Waals surface area contributed by atoms with Crippen LogP contribution in [0.15, 0.2) is 18.2 Å². The van der Waals surface area contributed by atoms with Crippen LogP contribution in [0, 0.1) is 12.8 Å². The third kappa shape index (κ3) is 3.05. The van der Waals surface area contributed by atoms with Gasteiger partial charge < -0.3 is 15.3 Å². The summed E-state index contributed by atoms with van der Waals surface area (Å²) in [5.41, 5.74) is 1.64. The Morgan fingerprint density at radius 1 is 1.42 bits per heavy atom. The number of hydrogen-bond donors (Lipinski definition) is 2. The minimum Gasteiger partial charge on any atom is -0.478 e. The summed E-state index contributed by atoms with van der Waals surface area (Å²) in [7, 11) is 0. The van der Waals surface area contributed by atoms with Crippen LogP contribution in [0.5, 0.6) is 0 Å². The largest absolute Gasteiger partial charge is 0.478 e. The Kier molecular flexibility index (Phi) is 3.74. The molecule has 2 amide bonds. The number of nitrogens with one attached hydrogen (secondary N) is 1. The number of urea groups is 1. The zero-order valence-corrected chi connectivity index (χ0v) is 11.1. The summed E-state index contributed by atoms with van der Waals surface area (Å²) in [6, 6.07) is 4.58. The molecule has 0 spiro atoms. The first kappa shape index (κ1) is 13.4. The number of amides is 2. The Morgan fingerprint density at radius 2 is 2.16 bits per heavy atom. The van der Waals surface area contributed by atoms with E-state index in [9.17, 15) is 9.59 Å². The molecule has 1 saturated heterocycles. The van der Waals surface area contributed by atoms with Crippen LogP contribution < -0.4 is 5.32 Å². The number of benzene rings is 1. The number of carbonyl (C=O) groups excluding carboxylic acids is 1. The zero-order valence-electron chi connectivity index (χ0n) is 11.1. The summed E-state index contributed by atoms with van der Waals surface area (Å²) in [6.45, 7) is 5.46. The molecule has 5 nitrogen and oxygen atoms in total. The molecule has 1 heterocycles. The van der Waals surface area contributed by atoms with Gasteiger partial charge in [-0.3, -0.25) is 0 Å². The van der Waals surface area contributed by atoms with Gasteiger partial charge in [-0.2, -0.15) is 0 Å². The number of rotatable bonds is 2. The van der Waals surface area contributed by atoms with Gasteiger partial charge in [0.05, 0.1) is 5.56 Å². The fourth-order valence-corrected chi connectivity index (χ4v) is 2.25. The number of carbonyl (C=O) groups is 2. The van der Waals surface area contributed by atoms with Crippen molar-refractivity contribution < 1.29 is 14.7 Å². The molecule has 5 heteroatoms. The van der Waals surface area contributed by atoms with Crippen LogP contribution in [0.25, 0.3) is 0 Å². The number of aryl methyl sites for hydroxylation is 1. The lowest BCUT2D eigenvalue weighted by molar-refractivity contribution is 0.0697. The summed E-state index contributed by atoms with van der Waals surface area (Å²) in [5, 5.41) is 11.7. The van der Waals surface area contributed by atoms with Crippen molar-refractivity contribution >= 4 is 17.7 Å². The first-order valence-electron chi connectivity index (χ1n) is 6.37. The van der Waals surface area contributed by atoms with Gasteiger partial charge in [0.2, 0.25) is 0 Å². The van der Waals surface area contributed by atoms with Crippen molar-refractivity contribution in [2.24, 2.45) is 5.92 Å². The third-order valence-electron chi connectivity index (χ3n) is 3.43. The summed E-state index contributed by atoms with van der Waals surface area (Å²) >= 11 is 0. The molecule has 2 rings (SSSR count). The fourth-order valence-electron chi connectivity index (χ4n) is 2.25. The molecular formula is C14H18N2O3. The molecule has 1 aromatic carbocycles. The van der Waals surface area contributed by atoms with Gasteiger partial charge in [0, 0.05) is 18.8 Å². The second kappa shape index (κ2) is 5.30. The predicted molar refractivity (Wildman–Crippen MR) is 72.5 cm³/mol. The highest BCUT2D eigenvalue weighted by atomic mass is 16.4. The second-order valence-electron chi connectivity index (χ2n) is 5.10. The normalized spacial score (nSPS) is 18.4. The van der Waals surface area contributed by atoms with E-state index in [0.29, 0.717) is 11.6 Å². The van der Waals surface area contributed by atoms with E-state index < -0.39 is 5.97 Å². The maximum Gasteiger partial charge on any atom is 0.335 e. The molecule has 0 aromatic heterocycles. The molecule has 1 unspecified atom stereocenters. The van der Waals surface area contributed by atoms with E-state index in [1.165, 1.54) is 6.07 Å². The number of carboxylic acid groups (broad SMARTS) is 1. The number of anilines is 1. The molecule has 1 atom stereocenters. The van der Waals surface area contributed by atoms with Gasteiger partial charge in [-0.15, -0.1) is 0 Å². The first-order chi connectivity index (χ1) is 8.97. The van der Waals surface area contributed by atoms with Crippen LogP contribution in [0.4, 0.5) is 10.5 Å². The molecule has 0 bridgehead atoms. The smallest absolute Gasteiger partial charge is 0.335 e. The van der Waals surface area contributed by atoms with Crippen LogP contribution in [-0.2, 0) is 0 Å². The summed E-state index contributed by atoms with van der Waals surface area (Å²) in [4.78, 5) is 24.7. The molecule has 1 aromatic rings. The molecule has 0 aliphatic carbocycles. The molecule has 1 aliphatic heterocycles. The molecular weight excluding hydrogens is 244 g/mol. The number of nitrogens with zero attached hydrogens (tertiary/aromatic N) is 1. The number of hydrogen-bond acceptors (Lipinski definition) is 2. The average molecular weight is 262 g/mol. The molecule has 2 N–H and O–H groups in total. The van der Waals surface area contributed by atoms with Crippen LogP contribution >= 0.6 is 0 Å². The van der Waals surface area contributed by atoms with Gasteiger partial charge in [0.1, 0.15) is 0 Å². The van der Waals surface area contributed by atoms with E-state index in [1.807, 2.05) is 0 Å². The second-order valence-corrected chi connectivity index (χ2v) is 5.10. The SMILES string of the molecule is Cc1cc(C(=O)O)ccc1NC(=O)N1CCC(C)C1. The van der Waals surface area contributed by atoms with Gasteiger partial charge in [-0.05, 0) is 43.0 Å². The first-order valence-corrected chi connectivity index (χ1v) is 6.37. The summed E-state index contributed by atoms with van der Waals surface area (Å²) in [5.74, 6) is -0.421. The highest BCUT2D eigenvalue weighted by Gasteiger charge is 2.23. The van der Waals surface area contributed by atoms with Crippen molar-refractivity contribution in [3.05, 3.63) is 29.3 Å². The number of aromatic carboxylic acids is 1. The zero-order chi connectivity index (χ0) is 14.0. The van der Waals surface area contributed by atoms with E-state index in [1.54, 1.807) is 24.0 Å². The quantitative estimate of drug-likeness (QED) is 0.860. The number of carboxylic acids is 1. The molecule has 1 fully saturated rings. The molecule has 1 aliphatic rings. The maximum atomic E-state index is 12.0. The van der Waals surface area contributed by atoms with Crippen molar-refractivity contribution in [3.63, 3.8) is 0 Å². The van der Waals surface area contributed by atoms with E-state index >= 15 is 0 Å². The van der Waals surface area contributed by atoms with Crippen molar-refractivity contribution in [3.8, 4) is 0 Å². The topological polar surface area (TPSA) is 69.6 Å². The van der Waals surface area contributed by atoms with Gasteiger partial charge >= 0.3 is 12.0 Å². The molecule has 19 heavy (non-hydrogen) atoms. The van der Waals surface area contributed by atoms with Crippen LogP contribution in [0.1, 0.15) is 29.3 Å². The van der Waals surface area contributed by atoms with Crippen LogP contribution in [0.3, 0.4) is 0 Å². The van der Waals surface area contributed by atoms with E-state index in [4.69, 9.17) is 5.11 Å². The Labute approximate surface area is 112 Å². The highest BCUT2D eigenvalue weighted by Crippen LogP contribution is 2.20. The van der Waals surface area contributed by atoms with Gasteiger partial charge in [-0.25, -0.2) is 9.59 Å². The lowest BCUT2D eigenvalue weighted by Crippen LogP contribution is -2.33. The standard InChI is InChI=1S/C14H18N2O3/c1-9-5-6-16(8-9)14(19)15-12-4-3-11(13(17)18)7-10(12)2/h3-4,7,9H,5-6,8H2,1-2H3,(H,15,19)(H,17,18). The third-order valence-corrected chi connectivity index (χ3v) is 3.43. The lowest BCUT2D eigenvalue weighted by atomic mass is 10.1. The van der Waals surface area contributed by atoms with E-state index in [2.05, 4.69) is 12.2 Å². The molecule has 0 saturated carbocycles. The fraction of sp³-hybridized carbons (Fsp3) is 0.429. The van der Waals surface area contributed by atoms with Crippen molar-refractivity contribution in [1.82, 2.24) is 4.90 Å². The van der Waals surface area contributed by atoms with Crippen molar-refractivity contribution in [1.29, 1.82) is 0 Å². The van der Waals surface area contributed by atoms with E-state index in [0.717, 1.165) is 25.1 Å². The summed E-state index contributed by atoms with van der Waals surface area (Å²) in [6.07, 6.45) is 1.03. The Morgan fingerprint density at radius 3 is 2.68 bits per heavy atom. The monoisotopic (exact) mass is 262 g/mol. The minimum absolute atomic E-state index is 0.115. The Bertz CT molecular complexity index is 513. The number of likely N-dealkylation sites (tertiary alicyclic amines) is 1. The van der Waals surface area contributed by atoms with Gasteiger partial charge in [0.25, 0.3) is 0 Å². The van der Waals surface area contributed by atoms with Crippen molar-refractivity contribution in [2.45, 2.75) is 20.3 Å². The average Bonchev–Trinajstić information content (AvgIpc) is 2.78. The summed E-state index contributed by atoms with van der Waals surface area (Å²) < 4.78 is 0. The van der Waals surface area contributed by atoms with Gasteiger partial charge in [0.15, 0.2) is 0 Å². The highest BCUT2D eigenvalue weighted by molar-refractivity contribution is 5.92. The van der Waals surface area contributed by atoms with Crippen LogP contribution in [0.2, 0.25) is 0 Å². The Hall–Kier alpha value is -2.04. The predicted octanol–water partition coefficient (Wildman–Crippen LogP) is 2.57. The maximum absolute atomic E-state index is 12.0. The molecule has 0 radical (unpaired) electrons. The lowest BCUT2D eigenvalue weighted by Gasteiger charge is -2.18. The van der Waals surface area contributed by atoms with E-state index in [-0.39, 0.29) is 11.6 Å². The minimum atomic E-state index is -0.964. The molecule has 102 valence electrons. The van der Waals surface area contributed by atoms with Crippen molar-refractivity contribution in [2.75, 3.05) is 18.4 Å². The van der Waals surface area contributed by atoms with Crippen LogP contribution in [-0.4, -0.2) is 35.1 Å².